The van der Waals surface area contributed by atoms with Gasteiger partial charge in [-0.15, -0.1) is 0 Å². The van der Waals surface area contributed by atoms with Crippen molar-refractivity contribution in [2.75, 3.05) is 46.9 Å². The van der Waals surface area contributed by atoms with Crippen molar-refractivity contribution in [3.05, 3.63) is 141 Å². The third kappa shape index (κ3) is 25.5. The fourth-order valence-corrected chi connectivity index (χ4v) is 15.0. The van der Waals surface area contributed by atoms with Crippen LogP contribution in [-0.4, -0.2) is 203 Å². The number of hydrogen-bond acceptors (Lipinski definition) is 19. The summed E-state index contributed by atoms with van der Waals surface area (Å²) in [5.74, 6) is 2.54. The first-order valence-electron chi connectivity index (χ1n) is 40.1. The fourth-order valence-electron chi connectivity index (χ4n) is 15.0. The van der Waals surface area contributed by atoms with E-state index in [0.717, 1.165) is 67.2 Å². The number of allylic oxidation sites excluding steroid dienone is 11. The van der Waals surface area contributed by atoms with Gasteiger partial charge in [0, 0.05) is 51.1 Å². The van der Waals surface area contributed by atoms with E-state index in [1.165, 1.54) is 37.1 Å². The number of carbonyl (C=O) groups excluding carboxylic acids is 8. The van der Waals surface area contributed by atoms with E-state index in [1.54, 1.807) is 70.5 Å². The topological polar surface area (TPSA) is 433 Å². The Bertz CT molecular complexity index is 4050. The van der Waals surface area contributed by atoms with Gasteiger partial charge in [0.2, 0.25) is 47.3 Å². The molecule has 622 valence electrons. The Hall–Kier alpha value is -9.97. The number of hydrogen-bond donors (Lipinski definition) is 14. The molecule has 0 aromatic heterocycles. The van der Waals surface area contributed by atoms with Crippen molar-refractivity contribution in [1.29, 1.82) is 5.41 Å². The summed E-state index contributed by atoms with van der Waals surface area (Å²) in [5.41, 5.74) is 19.8. The molecule has 6 aliphatic rings. The number of amidine groups is 1. The number of likely N-dealkylation sites (N-methyl/N-ethyl adjacent to an activating group) is 2. The number of carboxylic acid groups (broad SMARTS) is 1. The van der Waals surface area contributed by atoms with Crippen molar-refractivity contribution in [1.82, 2.24) is 57.3 Å². The van der Waals surface area contributed by atoms with Crippen LogP contribution in [0.3, 0.4) is 0 Å². The standard InChI is InChI=1S/C85H124N16O13/c1-13-50(2)36-57(48-113-65-31-24-54(25-32-65)39-67(75(87)98-112)93-72(102)35-28-53-22-29-58-18-14-16-20-60(58)37-53)45-101(89)64-43-71(100(47-64)82(109)74(85(8,9)10)97-78(105)52(4)91-12)80(107)94-68(41-56-23-30-59-19-15-17-21-61(59)38-56)79(106)95-69(83(110)111)40-55-26-33-66(34-27-55)114-49-62(86)44-92-63-42-70(76(88)103)99(46-63)81(108)73(84(5,6)7)96-77(104)51(3)90-11/h14-15,18-19,24-27,31-34,37-38,45,50-52,63-64,67-71,73-74,86,90-92,112H,13,16-17,20-23,28-30,35-36,39-44,46-49,89H2,1-12H3,(H2,87,98)(H2,88,103)(H,93,102)(H,94,107)(H,95,106)(H,96,104)(H,97,105)(H,110,111). The van der Waals surface area contributed by atoms with Gasteiger partial charge in [-0.3, -0.25) is 38.4 Å². The fraction of sp³-hybridized carbons (Fsp3) is 0.565. The molecule has 2 fully saturated rings. The summed E-state index contributed by atoms with van der Waals surface area (Å²) in [4.78, 5) is 129. The SMILES string of the molecule is CCC(C)CC(=CN(N)C1CC(C(=O)NC(CC2=CC3=C(C=CCC3)CC2)C(=O)NC(Cc2ccc(OCC(=N)CNC3CC(C(N)=O)N(C(=O)C(NC(=O)C(C)NC)C(C)(C)C)C3)cc2)C(=O)O)N(C(=O)C(NC(=O)C(C)NC)C(C)(C)C)C1)COc1ccc(CC(NC(=O)CCC2=CC3=C(C=CCC3)CC2)C(N)=NO)cc1. The molecule has 2 aromatic rings. The smallest absolute Gasteiger partial charge is 0.326 e. The van der Waals surface area contributed by atoms with Crippen molar-refractivity contribution in [3.8, 4) is 11.5 Å². The molecule has 17 N–H and O–H groups in total. The number of nitrogens with two attached hydrogens (primary N) is 3. The lowest BCUT2D eigenvalue weighted by Crippen LogP contribution is -2.60. The maximum atomic E-state index is 15.5. The average molecular weight is 1580 g/mol. The van der Waals surface area contributed by atoms with Crippen LogP contribution in [0.15, 0.2) is 135 Å². The van der Waals surface area contributed by atoms with Crippen molar-refractivity contribution in [2.45, 2.75) is 245 Å². The number of oxime groups is 1. The number of carbonyl (C=O) groups is 9. The molecule has 0 saturated carbocycles. The molecule has 12 unspecified atom stereocenters. The Morgan fingerprint density at radius 3 is 1.68 bits per heavy atom. The molecule has 0 radical (unpaired) electrons. The molecule has 0 spiro atoms. The molecule has 12 atom stereocenters. The first kappa shape index (κ1) is 89.6. The van der Waals surface area contributed by atoms with Crippen molar-refractivity contribution in [2.24, 2.45) is 39.2 Å². The summed E-state index contributed by atoms with van der Waals surface area (Å²) in [6.45, 7) is 18.5. The Morgan fingerprint density at radius 2 is 1.17 bits per heavy atom. The van der Waals surface area contributed by atoms with Crippen molar-refractivity contribution in [3.63, 3.8) is 0 Å². The number of likely N-dealkylation sites (tertiary alicyclic amines) is 2. The lowest BCUT2D eigenvalue weighted by Gasteiger charge is -2.36. The largest absolute Gasteiger partial charge is 0.489 e. The van der Waals surface area contributed by atoms with Crippen LogP contribution in [0.2, 0.25) is 0 Å². The van der Waals surface area contributed by atoms with E-state index >= 15 is 14.4 Å². The predicted octanol–water partition coefficient (Wildman–Crippen LogP) is 6.23. The zero-order valence-electron chi connectivity index (χ0n) is 68.6. The van der Waals surface area contributed by atoms with Crippen molar-refractivity contribution < 1.29 is 62.9 Å². The first-order chi connectivity index (χ1) is 54.0. The Morgan fingerprint density at radius 1 is 0.640 bits per heavy atom. The molecule has 2 heterocycles. The van der Waals surface area contributed by atoms with Gasteiger partial charge in [0.1, 0.15) is 61.0 Å². The quantitative estimate of drug-likeness (QED) is 0.0116. The summed E-state index contributed by atoms with van der Waals surface area (Å²) in [6.07, 6.45) is 24.0. The van der Waals surface area contributed by atoms with E-state index < -0.39 is 119 Å². The van der Waals surface area contributed by atoms with Crippen LogP contribution in [0.25, 0.3) is 0 Å². The molecule has 29 heteroatoms. The van der Waals surface area contributed by atoms with E-state index in [1.807, 2.05) is 53.7 Å². The Balaban J connectivity index is 0.955. The van der Waals surface area contributed by atoms with E-state index in [2.05, 4.69) is 98.0 Å². The Labute approximate surface area is 671 Å². The average Bonchev–Trinajstić information content (AvgIpc) is 1.63. The van der Waals surface area contributed by atoms with Crippen molar-refractivity contribution >= 4 is 64.8 Å². The predicted molar refractivity (Wildman–Crippen MR) is 438 cm³/mol. The van der Waals surface area contributed by atoms with E-state index in [9.17, 15) is 39.1 Å². The highest BCUT2D eigenvalue weighted by Crippen LogP contribution is 2.36. The van der Waals surface area contributed by atoms with Gasteiger partial charge in [0.25, 0.3) is 0 Å². The minimum Gasteiger partial charge on any atom is -0.489 e. The number of aliphatic carboxylic acids is 1. The van der Waals surface area contributed by atoms with Gasteiger partial charge >= 0.3 is 5.97 Å². The van der Waals surface area contributed by atoms with Crippen LogP contribution in [-0.2, 0) is 56.0 Å². The highest BCUT2D eigenvalue weighted by Gasteiger charge is 2.48. The third-order valence-corrected chi connectivity index (χ3v) is 22.5. The van der Waals surface area contributed by atoms with Crippen LogP contribution in [0.1, 0.15) is 177 Å². The first-order valence-corrected chi connectivity index (χ1v) is 40.1. The zero-order chi connectivity index (χ0) is 83.3. The van der Waals surface area contributed by atoms with Crippen LogP contribution in [0, 0.1) is 22.2 Å². The van der Waals surface area contributed by atoms with Gasteiger partial charge < -0.3 is 94.0 Å². The monoisotopic (exact) mass is 1580 g/mol. The lowest BCUT2D eigenvalue weighted by molar-refractivity contribution is -0.145. The molecule has 0 bridgehead atoms. The van der Waals surface area contributed by atoms with E-state index in [-0.39, 0.29) is 101 Å². The summed E-state index contributed by atoms with van der Waals surface area (Å²) in [6, 6.07) is 3.59. The molecule has 4 aliphatic carbocycles. The van der Waals surface area contributed by atoms with Crippen LogP contribution in [0.4, 0.5) is 0 Å². The number of nitrogens with zero attached hydrogens (tertiary/aromatic N) is 4. The number of benzene rings is 2. The lowest BCUT2D eigenvalue weighted by atomic mass is 9.84. The molecule has 8 amide bonds. The van der Waals surface area contributed by atoms with Gasteiger partial charge in [-0.05, 0) is 191 Å². The third-order valence-electron chi connectivity index (χ3n) is 22.5. The molecular formula is C85H124N16O13. The Kier molecular flexibility index (Phi) is 32.5. The van der Waals surface area contributed by atoms with Gasteiger partial charge in [0.15, 0.2) is 5.84 Å². The van der Waals surface area contributed by atoms with Gasteiger partial charge in [-0.1, -0.05) is 139 Å². The second-order valence-corrected chi connectivity index (χ2v) is 33.5. The van der Waals surface area contributed by atoms with Gasteiger partial charge in [-0.25, -0.2) is 10.6 Å². The van der Waals surface area contributed by atoms with Crippen LogP contribution >= 0.6 is 0 Å². The van der Waals surface area contributed by atoms with Crippen LogP contribution in [0.5, 0.6) is 11.5 Å². The minimum absolute atomic E-state index is 0.0144. The number of rotatable bonds is 39. The number of amides is 8. The number of ether oxygens (including phenoxy) is 2. The zero-order valence-corrected chi connectivity index (χ0v) is 68.6. The molecule has 8 rings (SSSR count). The summed E-state index contributed by atoms with van der Waals surface area (Å²) >= 11 is 0. The molecule has 29 nitrogen and oxygen atoms in total. The van der Waals surface area contributed by atoms with Gasteiger partial charge in [0.05, 0.1) is 29.9 Å². The molecule has 2 aliphatic heterocycles. The van der Waals surface area contributed by atoms with Gasteiger partial charge in [-0.2, -0.15) is 0 Å². The normalized spacial score (nSPS) is 20.6. The minimum atomic E-state index is -1.49. The maximum absolute atomic E-state index is 15.5. The summed E-state index contributed by atoms with van der Waals surface area (Å²) in [7, 11) is 3.26. The molecule has 2 saturated heterocycles. The second kappa shape index (κ2) is 41.4. The number of primary amides is 1. The summed E-state index contributed by atoms with van der Waals surface area (Å²) < 4.78 is 12.4. The maximum Gasteiger partial charge on any atom is 0.326 e. The number of carboxylic acids is 1. The molecule has 2 aromatic carbocycles. The number of hydrazine groups is 1. The highest BCUT2D eigenvalue weighted by atomic mass is 16.5. The number of nitrogens with one attached hydrogen (secondary N) is 9. The second-order valence-electron chi connectivity index (χ2n) is 33.5. The van der Waals surface area contributed by atoms with E-state index in [4.69, 9.17) is 32.2 Å². The molecule has 114 heavy (non-hydrogen) atoms. The van der Waals surface area contributed by atoms with E-state index in [0.29, 0.717) is 42.7 Å². The molecular weight excluding hydrogens is 1450 g/mol. The summed E-state index contributed by atoms with van der Waals surface area (Å²) in [5, 5.41) is 57.5. The highest BCUT2D eigenvalue weighted by molar-refractivity contribution is 5.97. The van der Waals surface area contributed by atoms with Crippen LogP contribution < -0.4 is 69.3 Å².